The van der Waals surface area contributed by atoms with Crippen LogP contribution in [0.5, 0.6) is 0 Å². The lowest BCUT2D eigenvalue weighted by Crippen LogP contribution is -2.24. The van der Waals surface area contributed by atoms with Gasteiger partial charge in [0.1, 0.15) is 10.8 Å². The van der Waals surface area contributed by atoms with E-state index in [4.69, 9.17) is 0 Å². The Morgan fingerprint density at radius 1 is 1.48 bits per heavy atom. The second kappa shape index (κ2) is 5.96. The highest BCUT2D eigenvalue weighted by atomic mass is 32.1. The van der Waals surface area contributed by atoms with Gasteiger partial charge >= 0.3 is 0 Å². The Morgan fingerprint density at radius 2 is 2.19 bits per heavy atom. The van der Waals surface area contributed by atoms with E-state index in [1.807, 2.05) is 12.3 Å². The third-order valence-electron chi connectivity index (χ3n) is 2.76. The smallest absolute Gasteiger partial charge is 0.270 e. The molecule has 1 heterocycles. The zero-order chi connectivity index (χ0) is 15.6. The molecule has 0 atom stereocenters. The number of aromatic nitrogens is 1. The number of non-ortho nitro benzene ring substituents is 1. The van der Waals surface area contributed by atoms with Gasteiger partial charge in [-0.2, -0.15) is 0 Å². The van der Waals surface area contributed by atoms with E-state index in [9.17, 15) is 19.3 Å². The average molecular weight is 309 g/mol. The summed E-state index contributed by atoms with van der Waals surface area (Å²) in [5.41, 5.74) is 0.236. The highest BCUT2D eigenvalue weighted by Crippen LogP contribution is 2.21. The van der Waals surface area contributed by atoms with E-state index >= 15 is 0 Å². The number of carbonyl (C=O) groups excluding carboxylic acids is 1. The van der Waals surface area contributed by atoms with Crippen LogP contribution in [-0.2, 0) is 6.54 Å². The minimum atomic E-state index is -0.756. The second-order valence-corrected chi connectivity index (χ2v) is 5.39. The lowest BCUT2D eigenvalue weighted by Gasteiger charge is -2.06. The van der Waals surface area contributed by atoms with Crippen LogP contribution in [0, 0.1) is 29.8 Å². The van der Waals surface area contributed by atoms with Gasteiger partial charge in [0, 0.05) is 23.2 Å². The number of amides is 1. The number of nitro benzene ring substituents is 1. The molecule has 1 amide bonds. The molecule has 0 saturated heterocycles. The fourth-order valence-electron chi connectivity index (χ4n) is 1.76. The number of nitrogens with zero attached hydrogens (tertiary/aromatic N) is 2. The summed E-state index contributed by atoms with van der Waals surface area (Å²) in [5.74, 6) is -1.46. The van der Waals surface area contributed by atoms with Crippen LogP contribution < -0.4 is 5.32 Å². The van der Waals surface area contributed by atoms with Crippen molar-refractivity contribution in [2.45, 2.75) is 20.4 Å². The molecule has 21 heavy (non-hydrogen) atoms. The molecule has 110 valence electrons. The van der Waals surface area contributed by atoms with Gasteiger partial charge in [-0.3, -0.25) is 14.9 Å². The maximum Gasteiger partial charge on any atom is 0.270 e. The molecule has 1 N–H and O–H groups in total. The van der Waals surface area contributed by atoms with Gasteiger partial charge in [-0.05, 0) is 19.4 Å². The van der Waals surface area contributed by atoms with Crippen LogP contribution in [0.2, 0.25) is 0 Å². The predicted octanol–water partition coefficient (Wildman–Crippen LogP) is 2.74. The van der Waals surface area contributed by atoms with E-state index in [1.165, 1.54) is 18.3 Å². The molecule has 0 aliphatic carbocycles. The van der Waals surface area contributed by atoms with Crippen LogP contribution in [0.3, 0.4) is 0 Å². The molecule has 0 bridgehead atoms. The minimum absolute atomic E-state index is 0.0550. The van der Waals surface area contributed by atoms with E-state index in [0.717, 1.165) is 17.8 Å². The quantitative estimate of drug-likeness (QED) is 0.695. The predicted molar refractivity (Wildman–Crippen MR) is 75.8 cm³/mol. The molecular weight excluding hydrogens is 297 g/mol. The lowest BCUT2D eigenvalue weighted by molar-refractivity contribution is -0.385. The van der Waals surface area contributed by atoms with Crippen LogP contribution in [-0.4, -0.2) is 15.8 Å². The van der Waals surface area contributed by atoms with Gasteiger partial charge in [-0.15, -0.1) is 11.3 Å². The Bertz CT molecular complexity index is 715. The molecule has 0 aliphatic heterocycles. The first-order valence-electron chi connectivity index (χ1n) is 6.02. The number of hydrogen-bond acceptors (Lipinski definition) is 5. The molecule has 0 radical (unpaired) electrons. The highest BCUT2D eigenvalue weighted by Gasteiger charge is 2.19. The van der Waals surface area contributed by atoms with Gasteiger partial charge in [-0.1, -0.05) is 0 Å². The Kier molecular flexibility index (Phi) is 4.27. The van der Waals surface area contributed by atoms with Gasteiger partial charge in [0.2, 0.25) is 0 Å². The fourth-order valence-corrected chi connectivity index (χ4v) is 2.47. The van der Waals surface area contributed by atoms with Gasteiger partial charge in [0.25, 0.3) is 11.6 Å². The molecule has 2 rings (SSSR count). The zero-order valence-corrected chi connectivity index (χ0v) is 12.2. The molecular formula is C13H12FN3O3S. The summed E-state index contributed by atoms with van der Waals surface area (Å²) in [6, 6.07) is 2.03. The third-order valence-corrected chi connectivity index (χ3v) is 3.73. The van der Waals surface area contributed by atoms with Crippen molar-refractivity contribution in [1.29, 1.82) is 0 Å². The number of thiazole rings is 1. The minimum Gasteiger partial charge on any atom is -0.345 e. The molecule has 0 spiro atoms. The van der Waals surface area contributed by atoms with Crippen LogP contribution in [0.4, 0.5) is 10.1 Å². The van der Waals surface area contributed by atoms with Crippen LogP contribution in [0.25, 0.3) is 0 Å². The molecule has 6 nitrogen and oxygen atoms in total. The zero-order valence-electron chi connectivity index (χ0n) is 11.3. The number of aryl methyl sites for hydroxylation is 2. The number of nitro groups is 1. The first-order chi connectivity index (χ1) is 9.88. The molecule has 8 heteroatoms. The van der Waals surface area contributed by atoms with Crippen molar-refractivity contribution in [3.63, 3.8) is 0 Å². The van der Waals surface area contributed by atoms with Crippen LogP contribution in [0.15, 0.2) is 17.5 Å². The fraction of sp³-hybridized carbons (Fsp3) is 0.231. The van der Waals surface area contributed by atoms with Gasteiger partial charge in [-0.25, -0.2) is 9.37 Å². The first-order valence-corrected chi connectivity index (χ1v) is 6.90. The summed E-state index contributed by atoms with van der Waals surface area (Å²) in [7, 11) is 0. The SMILES string of the molecule is Cc1csc(CNC(=O)c2cc([N+](=O)[O-])cc(C)c2F)n1. The summed E-state index contributed by atoms with van der Waals surface area (Å²) in [4.78, 5) is 26.2. The molecule has 0 unspecified atom stereocenters. The second-order valence-electron chi connectivity index (χ2n) is 4.45. The van der Waals surface area contributed by atoms with E-state index in [1.54, 1.807) is 0 Å². The molecule has 2 aromatic rings. The van der Waals surface area contributed by atoms with Crippen molar-refractivity contribution in [2.75, 3.05) is 0 Å². The molecule has 0 saturated carbocycles. The number of rotatable bonds is 4. The maximum atomic E-state index is 13.9. The van der Waals surface area contributed by atoms with Crippen molar-refractivity contribution >= 4 is 22.9 Å². The summed E-state index contributed by atoms with van der Waals surface area (Å²) in [5, 5.41) is 15.8. The van der Waals surface area contributed by atoms with Gasteiger partial charge in [0.15, 0.2) is 0 Å². The third kappa shape index (κ3) is 3.40. The Hall–Kier alpha value is -2.35. The Balaban J connectivity index is 2.20. The lowest BCUT2D eigenvalue weighted by atomic mass is 10.1. The summed E-state index contributed by atoms with van der Waals surface area (Å²) < 4.78 is 13.9. The monoisotopic (exact) mass is 309 g/mol. The molecule has 0 fully saturated rings. The standard InChI is InChI=1S/C13H12FN3O3S/c1-7-3-9(17(19)20)4-10(12(7)14)13(18)15-5-11-16-8(2)6-21-11/h3-4,6H,5H2,1-2H3,(H,15,18). The van der Waals surface area contributed by atoms with Gasteiger partial charge < -0.3 is 5.32 Å². The van der Waals surface area contributed by atoms with Crippen molar-refractivity contribution in [3.05, 3.63) is 55.3 Å². The van der Waals surface area contributed by atoms with Crippen molar-refractivity contribution < 1.29 is 14.1 Å². The van der Waals surface area contributed by atoms with Gasteiger partial charge in [0.05, 0.1) is 17.0 Å². The molecule has 1 aromatic carbocycles. The van der Waals surface area contributed by atoms with Crippen LogP contribution >= 0.6 is 11.3 Å². The number of benzene rings is 1. The Labute approximate surface area is 123 Å². The number of carbonyl (C=O) groups is 1. The van der Waals surface area contributed by atoms with E-state index in [2.05, 4.69) is 10.3 Å². The van der Waals surface area contributed by atoms with Crippen molar-refractivity contribution in [2.24, 2.45) is 0 Å². The van der Waals surface area contributed by atoms with E-state index in [-0.39, 0.29) is 23.4 Å². The number of halogens is 1. The maximum absolute atomic E-state index is 13.9. The molecule has 0 aliphatic rings. The Morgan fingerprint density at radius 3 is 2.76 bits per heavy atom. The average Bonchev–Trinajstić information content (AvgIpc) is 2.84. The summed E-state index contributed by atoms with van der Waals surface area (Å²) >= 11 is 1.37. The van der Waals surface area contributed by atoms with Crippen molar-refractivity contribution in [1.82, 2.24) is 10.3 Å². The van der Waals surface area contributed by atoms with Crippen LogP contribution in [0.1, 0.15) is 26.6 Å². The van der Waals surface area contributed by atoms with Crippen molar-refractivity contribution in [3.8, 4) is 0 Å². The highest BCUT2D eigenvalue weighted by molar-refractivity contribution is 7.09. The largest absolute Gasteiger partial charge is 0.345 e. The summed E-state index contributed by atoms with van der Waals surface area (Å²) in [6.45, 7) is 3.35. The number of nitrogens with one attached hydrogen (secondary N) is 1. The van der Waals surface area contributed by atoms with E-state index < -0.39 is 16.6 Å². The number of hydrogen-bond donors (Lipinski definition) is 1. The molecule has 1 aromatic heterocycles. The normalized spacial score (nSPS) is 10.4. The van der Waals surface area contributed by atoms with E-state index in [0.29, 0.717) is 5.01 Å². The summed E-state index contributed by atoms with van der Waals surface area (Å²) in [6.07, 6.45) is 0. The topological polar surface area (TPSA) is 85.1 Å². The first kappa shape index (κ1) is 15.0.